The Labute approximate surface area is 134 Å². The Morgan fingerprint density at radius 3 is 2.74 bits per heavy atom. The summed E-state index contributed by atoms with van der Waals surface area (Å²) in [5, 5.41) is 3.20. The molecule has 5 heteroatoms. The van der Waals surface area contributed by atoms with Gasteiger partial charge in [0.1, 0.15) is 0 Å². The third-order valence-electron chi connectivity index (χ3n) is 3.93. The van der Waals surface area contributed by atoms with Gasteiger partial charge in [0.05, 0.1) is 0 Å². The topological polar surface area (TPSA) is 53.6 Å². The normalized spacial score (nSPS) is 24.6. The number of halogens is 1. The van der Waals surface area contributed by atoms with E-state index in [9.17, 15) is 0 Å². The molecular formula is C14H29IN4. The van der Waals surface area contributed by atoms with Crippen molar-refractivity contribution in [3.8, 4) is 0 Å². The van der Waals surface area contributed by atoms with Gasteiger partial charge in [-0.05, 0) is 44.1 Å². The average molecular weight is 380 g/mol. The minimum absolute atomic E-state index is 0. The van der Waals surface area contributed by atoms with E-state index in [-0.39, 0.29) is 24.0 Å². The maximum Gasteiger partial charge on any atom is 0.188 e. The van der Waals surface area contributed by atoms with Crippen molar-refractivity contribution in [2.24, 2.45) is 22.6 Å². The largest absolute Gasteiger partial charge is 0.370 e. The fraction of sp³-hybridized carbons (Fsp3) is 0.929. The first-order valence-electron chi connectivity index (χ1n) is 7.43. The van der Waals surface area contributed by atoms with E-state index in [0.29, 0.717) is 11.9 Å². The molecule has 2 fully saturated rings. The number of hydrogen-bond acceptors (Lipinski definition) is 2. The Morgan fingerprint density at radius 2 is 2.11 bits per heavy atom. The average Bonchev–Trinajstić information content (AvgIpc) is 3.06. The second kappa shape index (κ2) is 8.29. The van der Waals surface area contributed by atoms with Gasteiger partial charge in [0.2, 0.25) is 0 Å². The van der Waals surface area contributed by atoms with Crippen LogP contribution in [0.15, 0.2) is 4.99 Å². The van der Waals surface area contributed by atoms with Crippen LogP contribution in [0, 0.1) is 11.8 Å². The Morgan fingerprint density at radius 1 is 1.37 bits per heavy atom. The van der Waals surface area contributed by atoms with E-state index in [1.165, 1.54) is 32.4 Å². The third kappa shape index (κ3) is 6.29. The lowest BCUT2D eigenvalue weighted by atomic mass is 10.1. The Kier molecular flexibility index (Phi) is 7.42. The second-order valence-electron chi connectivity index (χ2n) is 6.22. The van der Waals surface area contributed by atoms with Crippen LogP contribution in [0.4, 0.5) is 0 Å². The molecule has 4 nitrogen and oxygen atoms in total. The molecule has 1 aliphatic heterocycles. The van der Waals surface area contributed by atoms with Crippen LogP contribution in [0.3, 0.4) is 0 Å². The monoisotopic (exact) mass is 380 g/mol. The molecule has 0 aromatic rings. The van der Waals surface area contributed by atoms with Crippen molar-refractivity contribution >= 4 is 29.9 Å². The molecule has 1 heterocycles. The molecule has 0 spiro atoms. The van der Waals surface area contributed by atoms with Gasteiger partial charge in [-0.2, -0.15) is 0 Å². The van der Waals surface area contributed by atoms with Gasteiger partial charge in [-0.3, -0.25) is 4.99 Å². The molecule has 1 unspecified atom stereocenters. The molecular weight excluding hydrogens is 351 g/mol. The second-order valence-corrected chi connectivity index (χ2v) is 6.22. The van der Waals surface area contributed by atoms with Gasteiger partial charge in [-0.25, -0.2) is 0 Å². The molecule has 1 atom stereocenters. The van der Waals surface area contributed by atoms with Gasteiger partial charge < -0.3 is 16.0 Å². The summed E-state index contributed by atoms with van der Waals surface area (Å²) in [5.74, 6) is 2.06. The molecule has 2 rings (SSSR count). The number of nitrogens with two attached hydrogens (primary N) is 1. The molecule has 0 radical (unpaired) electrons. The summed E-state index contributed by atoms with van der Waals surface area (Å²) in [5.41, 5.74) is 5.87. The van der Waals surface area contributed by atoms with Gasteiger partial charge in [0, 0.05) is 25.7 Å². The van der Waals surface area contributed by atoms with Crippen molar-refractivity contribution in [2.75, 3.05) is 26.2 Å². The number of hydrogen-bond donors (Lipinski definition) is 2. The van der Waals surface area contributed by atoms with Crippen LogP contribution in [0.1, 0.15) is 39.5 Å². The van der Waals surface area contributed by atoms with Crippen molar-refractivity contribution in [3.05, 3.63) is 0 Å². The number of guanidine groups is 1. The molecule has 0 aromatic carbocycles. The highest BCUT2D eigenvalue weighted by molar-refractivity contribution is 14.0. The van der Waals surface area contributed by atoms with E-state index in [1.54, 1.807) is 0 Å². The Bertz CT molecular complexity index is 289. The summed E-state index contributed by atoms with van der Waals surface area (Å²) in [6, 6.07) is 0.903. The molecule has 1 aliphatic carbocycles. The predicted molar refractivity (Wildman–Crippen MR) is 92.1 cm³/mol. The minimum atomic E-state index is 0. The summed E-state index contributed by atoms with van der Waals surface area (Å²) in [6.07, 6.45) is 5.26. The van der Waals surface area contributed by atoms with E-state index in [0.717, 1.165) is 31.5 Å². The van der Waals surface area contributed by atoms with Gasteiger partial charge in [0.25, 0.3) is 0 Å². The van der Waals surface area contributed by atoms with E-state index in [4.69, 9.17) is 5.73 Å². The first-order chi connectivity index (χ1) is 8.65. The van der Waals surface area contributed by atoms with Crippen LogP contribution in [0.25, 0.3) is 0 Å². The van der Waals surface area contributed by atoms with Crippen molar-refractivity contribution in [3.63, 3.8) is 0 Å². The number of aliphatic imine (C=N–C) groups is 1. The summed E-state index contributed by atoms with van der Waals surface area (Å²) in [7, 11) is 0. The van der Waals surface area contributed by atoms with E-state index < -0.39 is 0 Å². The Balaban J connectivity index is 0.00000180. The molecule has 0 aromatic heterocycles. The van der Waals surface area contributed by atoms with E-state index in [2.05, 4.69) is 29.1 Å². The highest BCUT2D eigenvalue weighted by Gasteiger charge is 2.34. The smallest absolute Gasteiger partial charge is 0.188 e. The minimum Gasteiger partial charge on any atom is -0.370 e. The van der Waals surface area contributed by atoms with Crippen LogP contribution in [0.5, 0.6) is 0 Å². The first kappa shape index (κ1) is 17.0. The molecule has 0 bridgehead atoms. The van der Waals surface area contributed by atoms with E-state index in [1.807, 2.05) is 0 Å². The van der Waals surface area contributed by atoms with Crippen LogP contribution in [-0.2, 0) is 0 Å². The lowest BCUT2D eigenvalue weighted by Gasteiger charge is -2.14. The first-order valence-corrected chi connectivity index (χ1v) is 7.43. The van der Waals surface area contributed by atoms with Crippen molar-refractivity contribution in [2.45, 2.75) is 45.6 Å². The summed E-state index contributed by atoms with van der Waals surface area (Å²) in [4.78, 5) is 7.10. The van der Waals surface area contributed by atoms with Crippen LogP contribution in [-0.4, -0.2) is 43.1 Å². The maximum absolute atomic E-state index is 5.87. The maximum atomic E-state index is 5.87. The lowest BCUT2D eigenvalue weighted by molar-refractivity contribution is 0.315. The fourth-order valence-corrected chi connectivity index (χ4v) is 2.56. The standard InChI is InChI=1S/C14H28N4.HI/c1-11(2)5-7-16-14(15)17-9-12-6-8-18(10-12)13-3-4-13;/h11-13H,3-10H2,1-2H3,(H3,15,16,17);1H. The highest BCUT2D eigenvalue weighted by Crippen LogP contribution is 2.31. The summed E-state index contributed by atoms with van der Waals surface area (Å²) >= 11 is 0. The molecule has 19 heavy (non-hydrogen) atoms. The lowest BCUT2D eigenvalue weighted by Crippen LogP contribution is -2.33. The van der Waals surface area contributed by atoms with Crippen molar-refractivity contribution in [1.29, 1.82) is 0 Å². The number of nitrogens with zero attached hydrogens (tertiary/aromatic N) is 2. The summed E-state index contributed by atoms with van der Waals surface area (Å²) < 4.78 is 0. The zero-order valence-electron chi connectivity index (χ0n) is 12.3. The molecule has 0 amide bonds. The molecule has 2 aliphatic rings. The van der Waals surface area contributed by atoms with Gasteiger partial charge in [-0.1, -0.05) is 13.8 Å². The number of likely N-dealkylation sites (tertiary alicyclic amines) is 1. The molecule has 1 saturated heterocycles. The highest BCUT2D eigenvalue weighted by atomic mass is 127. The zero-order valence-corrected chi connectivity index (χ0v) is 14.6. The van der Waals surface area contributed by atoms with E-state index >= 15 is 0 Å². The zero-order chi connectivity index (χ0) is 13.0. The van der Waals surface area contributed by atoms with Crippen LogP contribution < -0.4 is 11.1 Å². The van der Waals surface area contributed by atoms with Crippen molar-refractivity contribution < 1.29 is 0 Å². The number of rotatable bonds is 6. The summed E-state index contributed by atoms with van der Waals surface area (Å²) in [6.45, 7) is 8.77. The fourth-order valence-electron chi connectivity index (χ4n) is 2.56. The third-order valence-corrected chi connectivity index (χ3v) is 3.93. The Hall–Kier alpha value is -0.0400. The van der Waals surface area contributed by atoms with Crippen LogP contribution >= 0.6 is 24.0 Å². The SMILES string of the molecule is CC(C)CCNC(N)=NCC1CCN(C2CC2)C1.I. The number of nitrogens with one attached hydrogen (secondary N) is 1. The van der Waals surface area contributed by atoms with Gasteiger partial charge in [-0.15, -0.1) is 24.0 Å². The van der Waals surface area contributed by atoms with Gasteiger partial charge in [0.15, 0.2) is 5.96 Å². The molecule has 112 valence electrons. The quantitative estimate of drug-likeness (QED) is 0.421. The van der Waals surface area contributed by atoms with Crippen LogP contribution in [0.2, 0.25) is 0 Å². The predicted octanol–water partition coefficient (Wildman–Crippen LogP) is 2.04. The van der Waals surface area contributed by atoms with Crippen molar-refractivity contribution in [1.82, 2.24) is 10.2 Å². The molecule has 3 N–H and O–H groups in total. The van der Waals surface area contributed by atoms with Gasteiger partial charge >= 0.3 is 0 Å². The molecule has 1 saturated carbocycles.